The zero-order valence-electron chi connectivity index (χ0n) is 12.3. The second-order valence-corrected chi connectivity index (χ2v) is 5.35. The fraction of sp³-hybridized carbons (Fsp3) is 0.533. The molecular formula is C15H20FNO3. The lowest BCUT2D eigenvalue weighted by Crippen LogP contribution is -2.13. The van der Waals surface area contributed by atoms with Crippen LogP contribution >= 0.6 is 0 Å². The predicted octanol–water partition coefficient (Wildman–Crippen LogP) is 4.35. The summed E-state index contributed by atoms with van der Waals surface area (Å²) in [6, 6.07) is 3.03. The van der Waals surface area contributed by atoms with Gasteiger partial charge in [0.05, 0.1) is 6.61 Å². The topological polar surface area (TPSA) is 55.7 Å². The lowest BCUT2D eigenvalue weighted by molar-refractivity contribution is -0.117. The number of ketones is 1. The van der Waals surface area contributed by atoms with E-state index in [0.29, 0.717) is 36.3 Å². The van der Waals surface area contributed by atoms with Crippen LogP contribution < -0.4 is 4.74 Å². The van der Waals surface area contributed by atoms with Gasteiger partial charge < -0.3 is 9.53 Å². The minimum atomic E-state index is -1.64. The minimum absolute atomic E-state index is 0.0938. The SMILES string of the molecule is CC(=O)CCCOc1cc(C)c(N=O)cc1C(C)(C)F. The van der Waals surface area contributed by atoms with Crippen LogP contribution in [0.4, 0.5) is 10.1 Å². The van der Waals surface area contributed by atoms with Crippen molar-refractivity contribution in [1.29, 1.82) is 0 Å². The third-order valence-corrected chi connectivity index (χ3v) is 2.97. The molecule has 0 saturated heterocycles. The summed E-state index contributed by atoms with van der Waals surface area (Å²) in [6.07, 6.45) is 1.01. The number of halogens is 1. The average molecular weight is 281 g/mol. The Morgan fingerprint density at radius 2 is 2.05 bits per heavy atom. The summed E-state index contributed by atoms with van der Waals surface area (Å²) in [4.78, 5) is 21.6. The number of Topliss-reactive ketones (excluding diaryl/α,β-unsaturated/α-hetero) is 1. The van der Waals surface area contributed by atoms with Crippen LogP contribution in [-0.2, 0) is 10.5 Å². The van der Waals surface area contributed by atoms with Gasteiger partial charge in [-0.3, -0.25) is 0 Å². The van der Waals surface area contributed by atoms with E-state index in [4.69, 9.17) is 4.74 Å². The van der Waals surface area contributed by atoms with Gasteiger partial charge in [-0.15, -0.1) is 4.91 Å². The van der Waals surface area contributed by atoms with Crippen molar-refractivity contribution in [3.8, 4) is 5.75 Å². The van der Waals surface area contributed by atoms with Crippen molar-refractivity contribution in [2.45, 2.75) is 46.2 Å². The van der Waals surface area contributed by atoms with E-state index in [9.17, 15) is 14.1 Å². The first-order valence-corrected chi connectivity index (χ1v) is 6.55. The summed E-state index contributed by atoms with van der Waals surface area (Å²) in [5.74, 6) is 0.488. The molecule has 0 unspecified atom stereocenters. The van der Waals surface area contributed by atoms with Gasteiger partial charge in [-0.1, -0.05) is 0 Å². The Hall–Kier alpha value is -1.78. The largest absolute Gasteiger partial charge is 0.493 e. The summed E-state index contributed by atoms with van der Waals surface area (Å²) >= 11 is 0. The number of carbonyl (C=O) groups excluding carboxylic acids is 1. The molecule has 1 aromatic carbocycles. The van der Waals surface area contributed by atoms with Crippen molar-refractivity contribution >= 4 is 11.5 Å². The predicted molar refractivity (Wildman–Crippen MR) is 76.2 cm³/mol. The summed E-state index contributed by atoms with van der Waals surface area (Å²) < 4.78 is 19.7. The molecule has 0 aromatic heterocycles. The highest BCUT2D eigenvalue weighted by Crippen LogP contribution is 2.37. The van der Waals surface area contributed by atoms with Gasteiger partial charge in [-0.25, -0.2) is 4.39 Å². The van der Waals surface area contributed by atoms with Crippen molar-refractivity contribution in [3.63, 3.8) is 0 Å². The van der Waals surface area contributed by atoms with E-state index in [2.05, 4.69) is 5.18 Å². The quantitative estimate of drug-likeness (QED) is 0.551. The fourth-order valence-electron chi connectivity index (χ4n) is 1.86. The Bertz CT molecular complexity index is 507. The lowest BCUT2D eigenvalue weighted by atomic mass is 9.96. The van der Waals surface area contributed by atoms with Gasteiger partial charge in [-0.2, -0.15) is 0 Å². The van der Waals surface area contributed by atoms with Crippen LogP contribution in [0, 0.1) is 11.8 Å². The van der Waals surface area contributed by atoms with Gasteiger partial charge in [0.25, 0.3) is 0 Å². The highest BCUT2D eigenvalue weighted by atomic mass is 19.1. The van der Waals surface area contributed by atoms with Gasteiger partial charge >= 0.3 is 0 Å². The second kappa shape index (κ2) is 6.59. The van der Waals surface area contributed by atoms with Crippen LogP contribution in [0.3, 0.4) is 0 Å². The Labute approximate surface area is 118 Å². The number of rotatable bonds is 7. The van der Waals surface area contributed by atoms with Crippen LogP contribution in [0.1, 0.15) is 44.7 Å². The molecule has 5 heteroatoms. The molecule has 0 fully saturated rings. The third kappa shape index (κ3) is 4.40. The fourth-order valence-corrected chi connectivity index (χ4v) is 1.86. The second-order valence-electron chi connectivity index (χ2n) is 5.35. The average Bonchev–Trinajstić information content (AvgIpc) is 2.33. The molecule has 4 nitrogen and oxygen atoms in total. The van der Waals surface area contributed by atoms with E-state index in [-0.39, 0.29) is 11.5 Å². The van der Waals surface area contributed by atoms with E-state index >= 15 is 0 Å². The summed E-state index contributed by atoms with van der Waals surface area (Å²) in [5, 5.41) is 2.89. The highest BCUT2D eigenvalue weighted by molar-refractivity contribution is 5.75. The molecule has 0 aliphatic heterocycles. The number of nitrogens with zero attached hydrogens (tertiary/aromatic N) is 1. The third-order valence-electron chi connectivity index (χ3n) is 2.97. The number of carbonyl (C=O) groups is 1. The number of hydrogen-bond acceptors (Lipinski definition) is 4. The number of nitroso groups, excluding NO2 is 1. The van der Waals surface area contributed by atoms with E-state index in [0.717, 1.165) is 0 Å². The Balaban J connectivity index is 2.96. The number of benzene rings is 1. The van der Waals surface area contributed by atoms with Crippen molar-refractivity contribution in [2.24, 2.45) is 5.18 Å². The molecule has 0 N–H and O–H groups in total. The van der Waals surface area contributed by atoms with Crippen LogP contribution in [0.5, 0.6) is 5.75 Å². The summed E-state index contributed by atoms with van der Waals surface area (Å²) in [6.45, 7) is 6.36. The van der Waals surface area contributed by atoms with E-state index in [1.165, 1.54) is 26.8 Å². The maximum atomic E-state index is 14.2. The van der Waals surface area contributed by atoms with Gasteiger partial charge in [0.15, 0.2) is 0 Å². The number of ether oxygens (including phenoxy) is 1. The maximum absolute atomic E-state index is 14.2. The molecule has 0 atom stereocenters. The number of alkyl halides is 1. The minimum Gasteiger partial charge on any atom is -0.493 e. The molecule has 0 heterocycles. The molecule has 1 aromatic rings. The summed E-state index contributed by atoms with van der Waals surface area (Å²) in [5.41, 5.74) is -0.500. The van der Waals surface area contributed by atoms with Crippen molar-refractivity contribution in [2.75, 3.05) is 6.61 Å². The summed E-state index contributed by atoms with van der Waals surface area (Å²) in [7, 11) is 0. The van der Waals surface area contributed by atoms with E-state index < -0.39 is 5.67 Å². The monoisotopic (exact) mass is 281 g/mol. The van der Waals surface area contributed by atoms with Crippen molar-refractivity contribution in [3.05, 3.63) is 28.2 Å². The smallest absolute Gasteiger partial charge is 0.134 e. The Morgan fingerprint density at radius 3 is 2.55 bits per heavy atom. The molecule has 0 bridgehead atoms. The zero-order valence-corrected chi connectivity index (χ0v) is 12.3. The lowest BCUT2D eigenvalue weighted by Gasteiger charge is -2.20. The molecule has 0 radical (unpaired) electrons. The normalized spacial score (nSPS) is 11.2. The van der Waals surface area contributed by atoms with Crippen LogP contribution in [-0.4, -0.2) is 12.4 Å². The van der Waals surface area contributed by atoms with E-state index in [1.807, 2.05) is 0 Å². The molecule has 0 saturated carbocycles. The number of aryl methyl sites for hydroxylation is 1. The standard InChI is InChI=1S/C15H20FNO3/c1-10-8-14(20-7-5-6-11(2)18)12(15(3,4)16)9-13(10)17-19/h8-9H,5-7H2,1-4H3. The molecular weight excluding hydrogens is 261 g/mol. The van der Waals surface area contributed by atoms with E-state index in [1.54, 1.807) is 13.0 Å². The van der Waals surface area contributed by atoms with Gasteiger partial charge in [0, 0.05) is 12.0 Å². The zero-order chi connectivity index (χ0) is 15.3. The first-order valence-electron chi connectivity index (χ1n) is 6.55. The van der Waals surface area contributed by atoms with Crippen LogP contribution in [0.25, 0.3) is 0 Å². The van der Waals surface area contributed by atoms with Crippen LogP contribution in [0.15, 0.2) is 17.3 Å². The van der Waals surface area contributed by atoms with Crippen LogP contribution in [0.2, 0.25) is 0 Å². The van der Waals surface area contributed by atoms with Crippen molar-refractivity contribution in [1.82, 2.24) is 0 Å². The van der Waals surface area contributed by atoms with Crippen molar-refractivity contribution < 1.29 is 13.9 Å². The van der Waals surface area contributed by atoms with Gasteiger partial charge in [0.1, 0.15) is 22.9 Å². The Morgan fingerprint density at radius 1 is 1.40 bits per heavy atom. The highest BCUT2D eigenvalue weighted by Gasteiger charge is 2.25. The molecule has 0 aliphatic carbocycles. The molecule has 0 amide bonds. The number of hydrogen-bond donors (Lipinski definition) is 0. The maximum Gasteiger partial charge on any atom is 0.134 e. The molecule has 1 rings (SSSR count). The molecule has 110 valence electrons. The van der Waals surface area contributed by atoms with Gasteiger partial charge in [0.2, 0.25) is 0 Å². The van der Waals surface area contributed by atoms with Gasteiger partial charge in [-0.05, 0) is 57.0 Å². The molecule has 0 aliphatic rings. The first kappa shape index (κ1) is 16.3. The Kier molecular flexibility index (Phi) is 5.36. The molecule has 20 heavy (non-hydrogen) atoms. The first-order chi connectivity index (χ1) is 9.25. The molecule has 0 spiro atoms.